The van der Waals surface area contributed by atoms with Gasteiger partial charge in [-0.2, -0.15) is 4.98 Å². The van der Waals surface area contributed by atoms with Crippen molar-refractivity contribution in [1.82, 2.24) is 25.6 Å². The van der Waals surface area contributed by atoms with Crippen molar-refractivity contribution in [1.29, 1.82) is 0 Å². The highest BCUT2D eigenvalue weighted by atomic mass is 16.4. The van der Waals surface area contributed by atoms with Crippen LogP contribution >= 0.6 is 0 Å². The van der Waals surface area contributed by atoms with Gasteiger partial charge in [0, 0.05) is 24.6 Å². The Morgan fingerprint density at radius 2 is 1.52 bits per heavy atom. The molecule has 2 aromatic heterocycles. The minimum absolute atomic E-state index is 0.00739. The largest absolute Gasteiger partial charge is 0.481 e. The zero-order valence-corrected chi connectivity index (χ0v) is 21.1. The van der Waals surface area contributed by atoms with Gasteiger partial charge in [0.2, 0.25) is 11.9 Å². The SMILES string of the molecule is Nc1nc2[nH]cc(CCc3ccc(C(=O)NC(CCC(=O)NC(CCC(=O)O)C(=O)O)C(=O)O)cc3)c2c(=O)[nH]1. The summed E-state index contributed by atoms with van der Waals surface area (Å²) >= 11 is 0. The Bertz CT molecular complexity index is 1480. The topological polar surface area (TPSA) is 258 Å². The molecule has 0 aliphatic rings. The van der Waals surface area contributed by atoms with Crippen molar-refractivity contribution < 1.29 is 39.3 Å². The van der Waals surface area contributed by atoms with E-state index in [0.29, 0.717) is 23.9 Å². The zero-order chi connectivity index (χ0) is 29.4. The van der Waals surface area contributed by atoms with Crippen molar-refractivity contribution in [2.24, 2.45) is 0 Å². The number of H-pyrrole nitrogens is 2. The van der Waals surface area contributed by atoms with Crippen LogP contribution in [-0.2, 0) is 32.0 Å². The molecule has 1 aromatic carbocycles. The number of aliphatic carboxylic acids is 3. The molecule has 2 unspecified atom stereocenters. The van der Waals surface area contributed by atoms with Crippen LogP contribution in [-0.4, -0.2) is 72.1 Å². The van der Waals surface area contributed by atoms with Crippen molar-refractivity contribution in [3.8, 4) is 0 Å². The predicted octanol–water partition coefficient (Wildman–Crippen LogP) is 0.0160. The second kappa shape index (κ2) is 13.0. The minimum Gasteiger partial charge on any atom is -0.481 e. The molecule has 2 heterocycles. The maximum Gasteiger partial charge on any atom is 0.326 e. The second-order valence-electron chi connectivity index (χ2n) is 8.98. The van der Waals surface area contributed by atoms with Gasteiger partial charge in [-0.25, -0.2) is 9.59 Å². The molecule has 3 aromatic rings. The number of benzene rings is 1. The van der Waals surface area contributed by atoms with E-state index in [2.05, 4.69) is 25.6 Å². The number of nitrogens with zero attached hydrogens (tertiary/aromatic N) is 1. The number of aryl methyl sites for hydroxylation is 2. The van der Waals surface area contributed by atoms with E-state index in [1.165, 1.54) is 12.1 Å². The summed E-state index contributed by atoms with van der Waals surface area (Å²) < 4.78 is 0. The molecule has 212 valence electrons. The van der Waals surface area contributed by atoms with Gasteiger partial charge in [-0.15, -0.1) is 0 Å². The van der Waals surface area contributed by atoms with Crippen LogP contribution in [0.3, 0.4) is 0 Å². The lowest BCUT2D eigenvalue weighted by molar-refractivity contribution is -0.143. The van der Waals surface area contributed by atoms with Crippen LogP contribution in [0.15, 0.2) is 35.3 Å². The van der Waals surface area contributed by atoms with Gasteiger partial charge in [0.05, 0.1) is 5.39 Å². The van der Waals surface area contributed by atoms with Gasteiger partial charge >= 0.3 is 17.9 Å². The number of carboxylic acid groups (broad SMARTS) is 3. The molecule has 3 rings (SSSR count). The number of rotatable bonds is 14. The number of anilines is 1. The minimum atomic E-state index is -1.44. The fourth-order valence-electron chi connectivity index (χ4n) is 3.99. The average Bonchev–Trinajstić information content (AvgIpc) is 3.30. The molecule has 2 amide bonds. The van der Waals surface area contributed by atoms with Crippen LogP contribution in [0.4, 0.5) is 5.95 Å². The summed E-state index contributed by atoms with van der Waals surface area (Å²) in [7, 11) is 0. The Balaban J connectivity index is 1.54. The lowest BCUT2D eigenvalue weighted by atomic mass is 10.0. The fraction of sp³-hybridized carbons (Fsp3) is 0.320. The van der Waals surface area contributed by atoms with Crippen molar-refractivity contribution in [2.75, 3.05) is 5.73 Å². The van der Waals surface area contributed by atoms with E-state index >= 15 is 0 Å². The highest BCUT2D eigenvalue weighted by Gasteiger charge is 2.24. The lowest BCUT2D eigenvalue weighted by Crippen LogP contribution is -2.44. The maximum atomic E-state index is 12.6. The normalized spacial score (nSPS) is 12.4. The van der Waals surface area contributed by atoms with E-state index in [1.54, 1.807) is 18.3 Å². The summed E-state index contributed by atoms with van der Waals surface area (Å²) in [6.07, 6.45) is 1.18. The first-order chi connectivity index (χ1) is 18.9. The van der Waals surface area contributed by atoms with E-state index < -0.39 is 54.6 Å². The van der Waals surface area contributed by atoms with Crippen molar-refractivity contribution >= 4 is 46.7 Å². The Labute approximate surface area is 225 Å². The number of nitrogen functional groups attached to an aromatic ring is 1. The van der Waals surface area contributed by atoms with Gasteiger partial charge < -0.3 is 36.7 Å². The Hall–Kier alpha value is -5.21. The van der Waals surface area contributed by atoms with Crippen molar-refractivity contribution in [3.05, 3.63) is 57.5 Å². The molecular weight excluding hydrogens is 528 g/mol. The van der Waals surface area contributed by atoms with Crippen LogP contribution in [0.1, 0.15) is 47.2 Å². The molecule has 9 N–H and O–H groups in total. The molecule has 0 radical (unpaired) electrons. The number of fused-ring (bicyclic) bond motifs is 1. The average molecular weight is 557 g/mol. The molecule has 0 saturated heterocycles. The summed E-state index contributed by atoms with van der Waals surface area (Å²) in [6.45, 7) is 0. The van der Waals surface area contributed by atoms with Crippen LogP contribution in [0.2, 0.25) is 0 Å². The third-order valence-corrected chi connectivity index (χ3v) is 6.08. The van der Waals surface area contributed by atoms with Crippen LogP contribution in [0.25, 0.3) is 11.0 Å². The fourth-order valence-corrected chi connectivity index (χ4v) is 3.99. The number of hydrogen-bond acceptors (Lipinski definition) is 8. The highest BCUT2D eigenvalue weighted by Crippen LogP contribution is 2.16. The molecule has 15 heteroatoms. The van der Waals surface area contributed by atoms with Crippen molar-refractivity contribution in [3.63, 3.8) is 0 Å². The van der Waals surface area contributed by atoms with Crippen LogP contribution < -0.4 is 21.9 Å². The molecule has 0 saturated carbocycles. The predicted molar refractivity (Wildman–Crippen MR) is 140 cm³/mol. The molecule has 0 bridgehead atoms. The second-order valence-corrected chi connectivity index (χ2v) is 8.98. The number of nitrogens with one attached hydrogen (secondary N) is 4. The molecule has 2 atom stereocenters. The molecule has 0 spiro atoms. The van der Waals surface area contributed by atoms with Crippen LogP contribution in [0.5, 0.6) is 0 Å². The summed E-state index contributed by atoms with van der Waals surface area (Å²) in [4.78, 5) is 79.9. The maximum absolute atomic E-state index is 12.6. The molecular formula is C25H28N6O9. The third-order valence-electron chi connectivity index (χ3n) is 6.08. The van der Waals surface area contributed by atoms with Gasteiger partial charge in [-0.3, -0.25) is 24.2 Å². The highest BCUT2D eigenvalue weighted by molar-refractivity contribution is 5.96. The molecule has 0 aliphatic carbocycles. The van der Waals surface area contributed by atoms with E-state index in [-0.39, 0.29) is 29.9 Å². The first-order valence-electron chi connectivity index (χ1n) is 12.2. The number of amides is 2. The number of carboxylic acids is 3. The first-order valence-corrected chi connectivity index (χ1v) is 12.2. The van der Waals surface area contributed by atoms with Crippen LogP contribution in [0, 0.1) is 0 Å². The van der Waals surface area contributed by atoms with Gasteiger partial charge in [0.1, 0.15) is 17.7 Å². The summed E-state index contributed by atoms with van der Waals surface area (Å²) in [5.41, 5.74) is 7.37. The van der Waals surface area contributed by atoms with Gasteiger partial charge in [-0.05, 0) is 48.9 Å². The molecule has 40 heavy (non-hydrogen) atoms. The number of hydrogen-bond donors (Lipinski definition) is 8. The lowest BCUT2D eigenvalue weighted by Gasteiger charge is -2.16. The first kappa shape index (κ1) is 29.3. The van der Waals surface area contributed by atoms with E-state index in [9.17, 15) is 33.9 Å². The Morgan fingerprint density at radius 1 is 0.900 bits per heavy atom. The standard InChI is InChI=1S/C25H28N6O9/c26-25-30-20-19(22(36)31-25)14(11-27-20)6-3-12-1-4-13(5-2-12)21(35)29-16(24(39)40)7-9-17(32)28-15(23(37)38)8-10-18(33)34/h1-2,4-5,11,15-16H,3,6-10H2,(H,28,32)(H,29,35)(H,33,34)(H,37,38)(H,39,40)(H4,26,27,30,31,36). The number of nitrogens with two attached hydrogens (primary N) is 1. The quantitative estimate of drug-likeness (QED) is 0.131. The molecule has 15 nitrogen and oxygen atoms in total. The number of carbonyl (C=O) groups excluding carboxylic acids is 2. The number of carbonyl (C=O) groups is 5. The van der Waals surface area contributed by atoms with E-state index in [1.807, 2.05) is 0 Å². The van der Waals surface area contributed by atoms with E-state index in [0.717, 1.165) is 11.1 Å². The van der Waals surface area contributed by atoms with Gasteiger partial charge in [0.15, 0.2) is 0 Å². The smallest absolute Gasteiger partial charge is 0.326 e. The Kier molecular flexibility index (Phi) is 9.56. The molecule has 0 fully saturated rings. The number of aromatic amines is 2. The zero-order valence-electron chi connectivity index (χ0n) is 21.1. The summed E-state index contributed by atoms with van der Waals surface area (Å²) in [5, 5.41) is 32.2. The van der Waals surface area contributed by atoms with Gasteiger partial charge in [0.25, 0.3) is 11.5 Å². The van der Waals surface area contributed by atoms with Gasteiger partial charge in [-0.1, -0.05) is 12.1 Å². The summed E-state index contributed by atoms with van der Waals surface area (Å²) in [5.74, 6) is -5.50. The van der Waals surface area contributed by atoms with Crippen molar-refractivity contribution in [2.45, 2.75) is 50.6 Å². The number of aromatic nitrogens is 3. The Morgan fingerprint density at radius 3 is 2.15 bits per heavy atom. The van der Waals surface area contributed by atoms with E-state index in [4.69, 9.17) is 15.9 Å². The third kappa shape index (κ3) is 7.89. The monoisotopic (exact) mass is 556 g/mol. The molecule has 0 aliphatic heterocycles. The summed E-state index contributed by atoms with van der Waals surface area (Å²) in [6, 6.07) is 3.55.